The first-order valence-corrected chi connectivity index (χ1v) is 5.71. The third-order valence-electron chi connectivity index (χ3n) is 1.99. The van der Waals surface area contributed by atoms with Crippen LogP contribution in [0.2, 0.25) is 0 Å². The fourth-order valence-corrected chi connectivity index (χ4v) is 1.98. The summed E-state index contributed by atoms with van der Waals surface area (Å²) >= 11 is 0. The summed E-state index contributed by atoms with van der Waals surface area (Å²) in [6.07, 6.45) is -1.48. The third kappa shape index (κ3) is 3.19. The predicted molar refractivity (Wildman–Crippen MR) is 43.1 cm³/mol. The third-order valence-corrected chi connectivity index (χ3v) is 3.27. The average molecular weight is 214 g/mol. The summed E-state index contributed by atoms with van der Waals surface area (Å²) in [7, 11) is -3.59. The molecule has 3 nitrogen and oxygen atoms in total. The van der Waals surface area contributed by atoms with Gasteiger partial charge in [0.15, 0.2) is 0 Å². The van der Waals surface area contributed by atoms with Crippen LogP contribution < -0.4 is 0 Å². The van der Waals surface area contributed by atoms with Crippen LogP contribution in [0, 0.1) is 0 Å². The summed E-state index contributed by atoms with van der Waals surface area (Å²) in [4.78, 5) is 0. The van der Waals surface area contributed by atoms with Crippen molar-refractivity contribution in [2.45, 2.75) is 38.2 Å². The van der Waals surface area contributed by atoms with E-state index in [-0.39, 0.29) is 18.6 Å². The molecule has 0 N–H and O–H groups in total. The number of alkyl halides is 2. The van der Waals surface area contributed by atoms with E-state index in [2.05, 4.69) is 4.18 Å². The molecule has 1 unspecified atom stereocenters. The molecule has 1 fully saturated rings. The summed E-state index contributed by atoms with van der Waals surface area (Å²) in [6.45, 7) is 1.42. The van der Waals surface area contributed by atoms with Crippen LogP contribution in [-0.4, -0.2) is 26.2 Å². The highest BCUT2D eigenvalue weighted by molar-refractivity contribution is 7.86. The lowest BCUT2D eigenvalue weighted by atomic mass is 10.3. The van der Waals surface area contributed by atoms with E-state index in [1.807, 2.05) is 0 Å². The summed E-state index contributed by atoms with van der Waals surface area (Å²) in [5, 5.41) is 0. The summed E-state index contributed by atoms with van der Waals surface area (Å²) < 4.78 is 51.6. The van der Waals surface area contributed by atoms with E-state index in [0.29, 0.717) is 0 Å². The number of halogens is 2. The fraction of sp³-hybridized carbons (Fsp3) is 1.00. The molecule has 1 rings (SSSR count). The lowest BCUT2D eigenvalue weighted by Gasteiger charge is -2.10. The second kappa shape index (κ2) is 3.49. The normalized spacial score (nSPS) is 27.8. The lowest BCUT2D eigenvalue weighted by molar-refractivity contribution is -0.000414. The van der Waals surface area contributed by atoms with Crippen LogP contribution in [0.25, 0.3) is 0 Å². The van der Waals surface area contributed by atoms with E-state index in [9.17, 15) is 17.2 Å². The molecule has 0 spiro atoms. The molecule has 1 saturated carbocycles. The molecule has 0 bridgehead atoms. The molecular weight excluding hydrogens is 202 g/mol. The molecular formula is C7H12F2O3S. The van der Waals surface area contributed by atoms with Gasteiger partial charge in [-0.2, -0.15) is 8.42 Å². The molecule has 0 saturated heterocycles. The van der Waals surface area contributed by atoms with E-state index in [1.54, 1.807) is 0 Å². The zero-order chi connectivity index (χ0) is 10.1. The van der Waals surface area contributed by atoms with Gasteiger partial charge in [0.2, 0.25) is 0 Å². The zero-order valence-electron chi connectivity index (χ0n) is 7.29. The Morgan fingerprint density at radius 3 is 2.54 bits per heavy atom. The van der Waals surface area contributed by atoms with Crippen LogP contribution in [0.3, 0.4) is 0 Å². The van der Waals surface area contributed by atoms with Crippen molar-refractivity contribution in [2.75, 3.05) is 5.75 Å². The van der Waals surface area contributed by atoms with Crippen molar-refractivity contribution in [1.29, 1.82) is 0 Å². The van der Waals surface area contributed by atoms with Gasteiger partial charge < -0.3 is 0 Å². The maximum atomic E-state index is 12.6. The quantitative estimate of drug-likeness (QED) is 0.669. The van der Waals surface area contributed by atoms with Gasteiger partial charge in [-0.15, -0.1) is 0 Å². The van der Waals surface area contributed by atoms with Gasteiger partial charge >= 0.3 is 0 Å². The first kappa shape index (κ1) is 10.8. The topological polar surface area (TPSA) is 43.4 Å². The van der Waals surface area contributed by atoms with Gasteiger partial charge in [0.05, 0.1) is 11.9 Å². The highest BCUT2D eigenvalue weighted by Crippen LogP contribution is 2.36. The summed E-state index contributed by atoms with van der Waals surface area (Å²) in [5.74, 6) is -2.93. The predicted octanol–water partition coefficient (Wildman–Crippen LogP) is 1.54. The van der Waals surface area contributed by atoms with Crippen molar-refractivity contribution in [3.8, 4) is 0 Å². The Hall–Kier alpha value is -0.230. The Balaban J connectivity index is 2.50. The Morgan fingerprint density at radius 2 is 2.15 bits per heavy atom. The van der Waals surface area contributed by atoms with E-state index < -0.39 is 28.6 Å². The lowest BCUT2D eigenvalue weighted by Crippen LogP contribution is -2.19. The smallest absolute Gasteiger partial charge is 0.267 e. The molecule has 0 aromatic carbocycles. The van der Waals surface area contributed by atoms with E-state index in [0.717, 1.165) is 0 Å². The van der Waals surface area contributed by atoms with Gasteiger partial charge in [0.25, 0.3) is 16.0 Å². The van der Waals surface area contributed by atoms with E-state index in [1.165, 1.54) is 6.92 Å². The molecule has 78 valence electrons. The van der Waals surface area contributed by atoms with Crippen LogP contribution in [0.5, 0.6) is 0 Å². The van der Waals surface area contributed by atoms with Gasteiger partial charge in [0.1, 0.15) is 0 Å². The first-order valence-electron chi connectivity index (χ1n) is 4.13. The highest BCUT2D eigenvalue weighted by atomic mass is 32.2. The van der Waals surface area contributed by atoms with Crippen molar-refractivity contribution < 1.29 is 21.4 Å². The van der Waals surface area contributed by atoms with E-state index >= 15 is 0 Å². The molecule has 13 heavy (non-hydrogen) atoms. The molecule has 6 heteroatoms. The SMILES string of the molecule is CCS(=O)(=O)OC1CCC(F)(F)C1. The van der Waals surface area contributed by atoms with Crippen LogP contribution in [0.4, 0.5) is 8.78 Å². The summed E-state index contributed by atoms with van der Waals surface area (Å²) in [5.41, 5.74) is 0. The second-order valence-corrected chi connectivity index (χ2v) is 5.05. The van der Waals surface area contributed by atoms with Gasteiger partial charge in [0, 0.05) is 12.8 Å². The maximum Gasteiger partial charge on any atom is 0.267 e. The Morgan fingerprint density at radius 1 is 1.54 bits per heavy atom. The van der Waals surface area contributed by atoms with Crippen LogP contribution >= 0.6 is 0 Å². The van der Waals surface area contributed by atoms with Crippen molar-refractivity contribution in [3.05, 3.63) is 0 Å². The van der Waals surface area contributed by atoms with Crippen molar-refractivity contribution in [1.82, 2.24) is 0 Å². The maximum absolute atomic E-state index is 12.6. The summed E-state index contributed by atoms with van der Waals surface area (Å²) in [6, 6.07) is 0. The van der Waals surface area contributed by atoms with Gasteiger partial charge in [-0.1, -0.05) is 0 Å². The Kier molecular flexibility index (Phi) is 2.91. The number of rotatable bonds is 3. The van der Waals surface area contributed by atoms with Gasteiger partial charge in [-0.3, -0.25) is 4.18 Å². The Bertz CT molecular complexity index is 273. The minimum absolute atomic E-state index is 0.117. The molecule has 0 heterocycles. The van der Waals surface area contributed by atoms with Crippen molar-refractivity contribution in [2.24, 2.45) is 0 Å². The largest absolute Gasteiger partial charge is 0.267 e. The minimum Gasteiger partial charge on any atom is -0.267 e. The van der Waals surface area contributed by atoms with Crippen LogP contribution in [0.1, 0.15) is 26.2 Å². The molecule has 1 aliphatic rings. The second-order valence-electron chi connectivity index (χ2n) is 3.16. The number of hydrogen-bond acceptors (Lipinski definition) is 3. The van der Waals surface area contributed by atoms with Crippen LogP contribution in [-0.2, 0) is 14.3 Å². The first-order chi connectivity index (χ1) is 5.85. The molecule has 0 aliphatic heterocycles. The average Bonchev–Trinajstić information content (AvgIpc) is 2.29. The highest BCUT2D eigenvalue weighted by Gasteiger charge is 2.41. The fourth-order valence-electron chi connectivity index (χ4n) is 1.27. The number of hydrogen-bond donors (Lipinski definition) is 0. The van der Waals surface area contributed by atoms with Crippen molar-refractivity contribution >= 4 is 10.1 Å². The molecule has 0 aromatic rings. The van der Waals surface area contributed by atoms with Gasteiger partial charge in [-0.25, -0.2) is 8.78 Å². The molecule has 0 radical (unpaired) electrons. The van der Waals surface area contributed by atoms with Gasteiger partial charge in [-0.05, 0) is 13.3 Å². The monoisotopic (exact) mass is 214 g/mol. The molecule has 1 atom stereocenters. The van der Waals surface area contributed by atoms with Crippen LogP contribution in [0.15, 0.2) is 0 Å². The molecule has 0 amide bonds. The minimum atomic E-state index is -3.59. The molecule has 0 aromatic heterocycles. The standard InChI is InChI=1S/C7H12F2O3S/c1-2-13(10,11)12-6-3-4-7(8,9)5-6/h6H,2-5H2,1H3. The molecule has 1 aliphatic carbocycles. The Labute approximate surface area is 76.2 Å². The van der Waals surface area contributed by atoms with E-state index in [4.69, 9.17) is 0 Å². The zero-order valence-corrected chi connectivity index (χ0v) is 8.11. The van der Waals surface area contributed by atoms with Crippen molar-refractivity contribution in [3.63, 3.8) is 0 Å².